The molecular formula is C13H12N2O3S2. The molecule has 104 valence electrons. The third kappa shape index (κ3) is 3.57. The normalized spacial score (nSPS) is 10.7. The summed E-state index contributed by atoms with van der Waals surface area (Å²) in [4.78, 5) is 3.93. The van der Waals surface area contributed by atoms with E-state index >= 15 is 0 Å². The highest BCUT2D eigenvalue weighted by Gasteiger charge is 2.17. The quantitative estimate of drug-likeness (QED) is 0.844. The molecule has 1 aromatic carbocycles. The molecule has 5 nitrogen and oxygen atoms in total. The van der Waals surface area contributed by atoms with E-state index in [2.05, 4.69) is 21.5 Å². The highest BCUT2D eigenvalue weighted by atomic mass is 32.2. The molecule has 0 aliphatic carbocycles. The first kappa shape index (κ1) is 14.5. The van der Waals surface area contributed by atoms with Gasteiger partial charge in [-0.1, -0.05) is 17.9 Å². The standard InChI is InChI=1S/C13H12N2O3S2/c1-10-14-9-13(19-10)20(17,18)15-12-6-2-4-11(8-12)5-3-7-16/h2,4,6,8-9,15-16H,7H2,1H3. The zero-order chi connectivity index (χ0) is 14.6. The van der Waals surface area contributed by atoms with Crippen LogP contribution in [0.3, 0.4) is 0 Å². The number of thiazole rings is 1. The Bertz CT molecular complexity index is 770. The van der Waals surface area contributed by atoms with Crippen molar-refractivity contribution < 1.29 is 13.5 Å². The smallest absolute Gasteiger partial charge is 0.273 e. The number of sulfonamides is 1. The molecule has 0 saturated heterocycles. The van der Waals surface area contributed by atoms with Gasteiger partial charge in [-0.25, -0.2) is 13.4 Å². The number of nitrogens with one attached hydrogen (secondary N) is 1. The Morgan fingerprint density at radius 1 is 1.45 bits per heavy atom. The fourth-order valence-electron chi connectivity index (χ4n) is 1.47. The van der Waals surface area contributed by atoms with Crippen LogP contribution < -0.4 is 4.72 Å². The van der Waals surface area contributed by atoms with Gasteiger partial charge in [0.05, 0.1) is 16.9 Å². The van der Waals surface area contributed by atoms with E-state index in [9.17, 15) is 8.42 Å². The van der Waals surface area contributed by atoms with Crippen molar-refractivity contribution in [3.05, 3.63) is 41.0 Å². The van der Waals surface area contributed by atoms with Crippen LogP contribution in [-0.4, -0.2) is 25.1 Å². The Kier molecular flexibility index (Phi) is 4.39. The zero-order valence-corrected chi connectivity index (χ0v) is 12.3. The molecule has 0 aliphatic heterocycles. The lowest BCUT2D eigenvalue weighted by Gasteiger charge is -2.05. The Hall–Kier alpha value is -1.88. The van der Waals surface area contributed by atoms with E-state index in [0.717, 1.165) is 11.3 Å². The average Bonchev–Trinajstić information content (AvgIpc) is 2.84. The first-order valence-electron chi connectivity index (χ1n) is 5.66. The van der Waals surface area contributed by atoms with Crippen LogP contribution in [0.25, 0.3) is 0 Å². The van der Waals surface area contributed by atoms with Gasteiger partial charge in [-0.2, -0.15) is 0 Å². The van der Waals surface area contributed by atoms with Gasteiger partial charge < -0.3 is 5.11 Å². The van der Waals surface area contributed by atoms with Crippen LogP contribution in [0.2, 0.25) is 0 Å². The molecule has 7 heteroatoms. The summed E-state index contributed by atoms with van der Waals surface area (Å²) in [5, 5.41) is 9.33. The number of hydrogen-bond acceptors (Lipinski definition) is 5. The fourth-order valence-corrected chi connectivity index (χ4v) is 3.63. The molecule has 0 aliphatic rings. The second-order valence-electron chi connectivity index (χ2n) is 3.84. The molecule has 20 heavy (non-hydrogen) atoms. The van der Waals surface area contributed by atoms with E-state index in [1.165, 1.54) is 6.20 Å². The summed E-state index contributed by atoms with van der Waals surface area (Å²) in [6.45, 7) is 1.50. The summed E-state index contributed by atoms with van der Waals surface area (Å²) in [6, 6.07) is 6.66. The van der Waals surface area contributed by atoms with Crippen LogP contribution in [0.1, 0.15) is 10.6 Å². The number of aliphatic hydroxyl groups excluding tert-OH is 1. The predicted octanol–water partition coefficient (Wildman–Crippen LogP) is 1.60. The number of aliphatic hydroxyl groups is 1. The van der Waals surface area contributed by atoms with Crippen molar-refractivity contribution in [2.75, 3.05) is 11.3 Å². The molecule has 0 spiro atoms. The molecule has 0 unspecified atom stereocenters. The molecule has 0 radical (unpaired) electrons. The maximum absolute atomic E-state index is 12.1. The number of aromatic nitrogens is 1. The van der Waals surface area contributed by atoms with Crippen LogP contribution in [0.4, 0.5) is 5.69 Å². The topological polar surface area (TPSA) is 79.3 Å². The molecule has 0 bridgehead atoms. The lowest BCUT2D eigenvalue weighted by Crippen LogP contribution is -2.11. The molecular weight excluding hydrogens is 296 g/mol. The van der Waals surface area contributed by atoms with E-state index in [0.29, 0.717) is 16.3 Å². The van der Waals surface area contributed by atoms with E-state index < -0.39 is 10.0 Å². The number of anilines is 1. The van der Waals surface area contributed by atoms with Crippen LogP contribution in [-0.2, 0) is 10.0 Å². The van der Waals surface area contributed by atoms with Crippen molar-refractivity contribution in [2.24, 2.45) is 0 Å². The second-order valence-corrected chi connectivity index (χ2v) is 6.99. The summed E-state index contributed by atoms with van der Waals surface area (Å²) >= 11 is 1.11. The molecule has 0 atom stereocenters. The maximum Gasteiger partial charge on any atom is 0.273 e. The molecule has 0 saturated carbocycles. The van der Waals surface area contributed by atoms with Crippen molar-refractivity contribution in [1.29, 1.82) is 0 Å². The molecule has 2 N–H and O–H groups in total. The zero-order valence-electron chi connectivity index (χ0n) is 10.6. The van der Waals surface area contributed by atoms with E-state index in [1.54, 1.807) is 31.2 Å². The highest BCUT2D eigenvalue weighted by Crippen LogP contribution is 2.21. The number of nitrogens with zero attached hydrogens (tertiary/aromatic N) is 1. The summed E-state index contributed by atoms with van der Waals surface area (Å²) in [5.74, 6) is 5.23. The minimum atomic E-state index is -3.62. The summed E-state index contributed by atoms with van der Waals surface area (Å²) in [7, 11) is -3.62. The van der Waals surface area contributed by atoms with Gasteiger partial charge in [0.1, 0.15) is 6.61 Å². The second kappa shape index (κ2) is 6.05. The average molecular weight is 308 g/mol. The van der Waals surface area contributed by atoms with Crippen LogP contribution in [0, 0.1) is 18.8 Å². The lowest BCUT2D eigenvalue weighted by atomic mass is 10.2. The van der Waals surface area contributed by atoms with Crippen molar-refractivity contribution in [3.63, 3.8) is 0 Å². The van der Waals surface area contributed by atoms with Gasteiger partial charge in [0.25, 0.3) is 10.0 Å². The largest absolute Gasteiger partial charge is 0.384 e. The van der Waals surface area contributed by atoms with Gasteiger partial charge >= 0.3 is 0 Å². The van der Waals surface area contributed by atoms with Gasteiger partial charge in [-0.05, 0) is 25.1 Å². The molecule has 0 fully saturated rings. The minimum absolute atomic E-state index is 0.168. The van der Waals surface area contributed by atoms with Gasteiger partial charge in [-0.3, -0.25) is 4.72 Å². The Balaban J connectivity index is 2.25. The van der Waals surface area contributed by atoms with Crippen LogP contribution >= 0.6 is 11.3 Å². The minimum Gasteiger partial charge on any atom is -0.384 e. The van der Waals surface area contributed by atoms with E-state index in [1.807, 2.05) is 0 Å². The van der Waals surface area contributed by atoms with Gasteiger partial charge in [0.15, 0.2) is 4.21 Å². The molecule has 2 rings (SSSR count). The first-order valence-corrected chi connectivity index (χ1v) is 7.96. The van der Waals surface area contributed by atoms with Crippen LogP contribution in [0.5, 0.6) is 0 Å². The molecule has 1 heterocycles. The fraction of sp³-hybridized carbons (Fsp3) is 0.154. The Morgan fingerprint density at radius 2 is 2.25 bits per heavy atom. The van der Waals surface area contributed by atoms with Crippen molar-refractivity contribution in [1.82, 2.24) is 4.98 Å². The monoisotopic (exact) mass is 308 g/mol. The van der Waals surface area contributed by atoms with Gasteiger partial charge in [-0.15, -0.1) is 11.3 Å². The summed E-state index contributed by atoms with van der Waals surface area (Å²) < 4.78 is 26.9. The van der Waals surface area contributed by atoms with Gasteiger partial charge in [0, 0.05) is 5.56 Å². The van der Waals surface area contributed by atoms with E-state index in [-0.39, 0.29) is 10.8 Å². The number of hydrogen-bond donors (Lipinski definition) is 2. The van der Waals surface area contributed by atoms with Crippen LogP contribution in [0.15, 0.2) is 34.7 Å². The first-order chi connectivity index (χ1) is 9.51. The molecule has 1 aromatic heterocycles. The Morgan fingerprint density at radius 3 is 2.90 bits per heavy atom. The highest BCUT2D eigenvalue weighted by molar-refractivity contribution is 7.94. The SMILES string of the molecule is Cc1ncc(S(=O)(=O)Nc2cccc(C#CCO)c2)s1. The third-order valence-corrected chi connectivity index (χ3v) is 5.05. The van der Waals surface area contributed by atoms with Crippen molar-refractivity contribution in [3.8, 4) is 11.8 Å². The number of benzene rings is 1. The third-order valence-electron chi connectivity index (χ3n) is 2.29. The van der Waals surface area contributed by atoms with Gasteiger partial charge in [0.2, 0.25) is 0 Å². The lowest BCUT2D eigenvalue weighted by molar-refractivity contribution is 0.350. The summed E-state index contributed by atoms with van der Waals surface area (Å²) in [6.07, 6.45) is 1.33. The molecule has 0 amide bonds. The van der Waals surface area contributed by atoms with Crippen molar-refractivity contribution in [2.45, 2.75) is 11.1 Å². The number of aryl methyl sites for hydroxylation is 1. The Labute approximate surface area is 121 Å². The van der Waals surface area contributed by atoms with Crippen molar-refractivity contribution >= 4 is 27.0 Å². The summed E-state index contributed by atoms with van der Waals surface area (Å²) in [5.41, 5.74) is 1.04. The van der Waals surface area contributed by atoms with E-state index in [4.69, 9.17) is 5.11 Å². The molecule has 2 aromatic rings. The maximum atomic E-state index is 12.1. The number of rotatable bonds is 3. The predicted molar refractivity (Wildman–Crippen MR) is 78.1 cm³/mol.